The molecule has 1 aliphatic rings. The molecular weight excluding hydrogens is 527 g/mol. The molecule has 0 unspecified atom stereocenters. The number of aromatic carboxylic acids is 1. The lowest BCUT2D eigenvalue weighted by Gasteiger charge is -2.38. The Hall–Kier alpha value is -3.76. The number of carboxylic acid groups (broad SMARTS) is 1. The molecule has 2 N–H and O–H groups in total. The van der Waals surface area contributed by atoms with Crippen molar-refractivity contribution in [2.75, 3.05) is 18.6 Å². The molecule has 0 aromatic heterocycles. The summed E-state index contributed by atoms with van der Waals surface area (Å²) in [5.41, 5.74) is -3.02. The van der Waals surface area contributed by atoms with Crippen LogP contribution in [-0.2, 0) is 17.0 Å². The van der Waals surface area contributed by atoms with Crippen LogP contribution in [0.25, 0.3) is 0 Å². The van der Waals surface area contributed by atoms with E-state index in [1.165, 1.54) is 55.3 Å². The van der Waals surface area contributed by atoms with Gasteiger partial charge in [-0.1, -0.05) is 36.7 Å². The molecule has 1 amide bonds. The Bertz CT molecular complexity index is 1380. The molecule has 0 saturated carbocycles. The van der Waals surface area contributed by atoms with E-state index in [0.717, 1.165) is 12.1 Å². The van der Waals surface area contributed by atoms with Crippen molar-refractivity contribution in [3.8, 4) is 11.5 Å². The fourth-order valence-electron chi connectivity index (χ4n) is 4.25. The van der Waals surface area contributed by atoms with Crippen LogP contribution in [0.3, 0.4) is 0 Å². The van der Waals surface area contributed by atoms with Crippen molar-refractivity contribution in [3.63, 3.8) is 0 Å². The van der Waals surface area contributed by atoms with Gasteiger partial charge in [-0.2, -0.15) is 13.2 Å². The first-order chi connectivity index (χ1) is 17.8. The highest BCUT2D eigenvalue weighted by atomic mass is 35.5. The highest BCUT2D eigenvalue weighted by Gasteiger charge is 2.59. The number of amides is 1. The van der Waals surface area contributed by atoms with Crippen LogP contribution in [0.2, 0.25) is 5.02 Å². The van der Waals surface area contributed by atoms with Gasteiger partial charge in [-0.15, -0.1) is 0 Å². The molecule has 2 atom stereocenters. The minimum Gasteiger partial charge on any atom is -0.489 e. The molecule has 4 rings (SSSR count). The lowest BCUT2D eigenvalue weighted by Crippen LogP contribution is -2.47. The molecule has 7 nitrogen and oxygen atoms in total. The molecule has 38 heavy (non-hydrogen) atoms. The van der Waals surface area contributed by atoms with Crippen molar-refractivity contribution in [3.05, 3.63) is 87.9 Å². The zero-order valence-electron chi connectivity index (χ0n) is 20.3. The Morgan fingerprint density at radius 3 is 2.45 bits per heavy atom. The van der Waals surface area contributed by atoms with Gasteiger partial charge in [0.1, 0.15) is 18.1 Å². The molecule has 0 radical (unpaired) electrons. The maximum Gasteiger partial charge on any atom is 0.422 e. The third-order valence-corrected chi connectivity index (χ3v) is 6.93. The number of anilines is 1. The number of benzene rings is 3. The lowest BCUT2D eigenvalue weighted by molar-refractivity contribution is -0.274. The van der Waals surface area contributed by atoms with E-state index in [-0.39, 0.29) is 46.5 Å². The molecule has 3 aromatic rings. The first-order valence-electron chi connectivity index (χ1n) is 11.4. The average molecular weight is 550 g/mol. The number of rotatable bonds is 7. The summed E-state index contributed by atoms with van der Waals surface area (Å²) in [4.78, 5) is 24.2. The highest BCUT2D eigenvalue weighted by Crippen LogP contribution is 2.51. The van der Waals surface area contributed by atoms with E-state index in [0.29, 0.717) is 5.56 Å². The summed E-state index contributed by atoms with van der Waals surface area (Å²) in [6.07, 6.45) is -5.12. The third kappa shape index (κ3) is 5.01. The monoisotopic (exact) mass is 549 g/mol. The van der Waals surface area contributed by atoms with Gasteiger partial charge in [0.05, 0.1) is 11.3 Å². The first kappa shape index (κ1) is 27.3. The molecule has 1 aliphatic heterocycles. The van der Waals surface area contributed by atoms with Crippen LogP contribution in [0, 0.1) is 0 Å². The van der Waals surface area contributed by atoms with Gasteiger partial charge in [-0.3, -0.25) is 4.79 Å². The Labute approximate surface area is 221 Å². The second-order valence-electron chi connectivity index (χ2n) is 8.88. The van der Waals surface area contributed by atoms with E-state index in [9.17, 15) is 27.9 Å². The molecule has 0 aliphatic carbocycles. The lowest BCUT2D eigenvalue weighted by atomic mass is 9.77. The molecule has 200 valence electrons. The van der Waals surface area contributed by atoms with Gasteiger partial charge in [-0.25, -0.2) is 4.79 Å². The number of aliphatic hydroxyl groups is 1. The van der Waals surface area contributed by atoms with Crippen molar-refractivity contribution < 1.29 is 42.4 Å². The van der Waals surface area contributed by atoms with Gasteiger partial charge < -0.3 is 24.6 Å². The van der Waals surface area contributed by atoms with E-state index in [2.05, 4.69) is 0 Å². The van der Waals surface area contributed by atoms with Gasteiger partial charge >= 0.3 is 12.1 Å². The van der Waals surface area contributed by atoms with Crippen LogP contribution in [-0.4, -0.2) is 41.9 Å². The number of carbonyl (C=O) groups excluding carboxylic acids is 1. The van der Waals surface area contributed by atoms with E-state index in [1.54, 1.807) is 12.1 Å². The Morgan fingerprint density at radius 1 is 1.13 bits per heavy atom. The van der Waals surface area contributed by atoms with Crippen LogP contribution < -0.4 is 14.4 Å². The largest absolute Gasteiger partial charge is 0.489 e. The standard InChI is InChI=1S/C27H23ClF3NO6/c1-15(20-12-19(8-9-21(20)28)37-13-16-3-5-17(6-4-16)25(34)35)26(36,27(29,30)31)18-7-10-23-22(11-18)32(2)24(33)14-38-23/h3-12,15,36H,13-14H2,1-2H3,(H,34,35)/t15-,26-/m0/s1. The predicted molar refractivity (Wildman–Crippen MR) is 133 cm³/mol. The summed E-state index contributed by atoms with van der Waals surface area (Å²) in [6, 6.07) is 13.6. The van der Waals surface area contributed by atoms with Crippen molar-refractivity contribution in [1.29, 1.82) is 0 Å². The molecule has 1 heterocycles. The van der Waals surface area contributed by atoms with Crippen molar-refractivity contribution >= 4 is 29.2 Å². The quantitative estimate of drug-likeness (QED) is 0.402. The fourth-order valence-corrected chi connectivity index (χ4v) is 4.53. The molecule has 11 heteroatoms. The number of alkyl halides is 3. The van der Waals surface area contributed by atoms with Crippen molar-refractivity contribution in [2.45, 2.75) is 31.2 Å². The summed E-state index contributed by atoms with van der Waals surface area (Å²) < 4.78 is 54.6. The van der Waals surface area contributed by atoms with E-state index >= 15 is 0 Å². The number of fused-ring (bicyclic) bond motifs is 1. The van der Waals surface area contributed by atoms with Crippen LogP contribution in [0.4, 0.5) is 18.9 Å². The SMILES string of the molecule is C[C@@H](c1cc(OCc2ccc(C(=O)O)cc2)ccc1Cl)[C@](O)(c1ccc2c(c1)N(C)C(=O)CO2)C(F)(F)F. The maximum absolute atomic E-state index is 14.5. The van der Waals surface area contributed by atoms with E-state index in [1.807, 2.05) is 0 Å². The van der Waals surface area contributed by atoms with E-state index < -0.39 is 35.1 Å². The Kier molecular flexibility index (Phi) is 7.31. The van der Waals surface area contributed by atoms with Crippen LogP contribution >= 0.6 is 11.6 Å². The molecule has 0 bridgehead atoms. The number of likely N-dealkylation sites (N-methyl/N-ethyl adjacent to an activating group) is 1. The number of nitrogens with zero attached hydrogens (tertiary/aromatic N) is 1. The number of carboxylic acids is 1. The van der Waals surface area contributed by atoms with Gasteiger partial charge in [0, 0.05) is 18.0 Å². The highest BCUT2D eigenvalue weighted by molar-refractivity contribution is 6.31. The molecular formula is C27H23ClF3NO6. The van der Waals surface area contributed by atoms with Crippen molar-refractivity contribution in [2.24, 2.45) is 0 Å². The Balaban J connectivity index is 1.67. The molecule has 0 saturated heterocycles. The topological polar surface area (TPSA) is 96.3 Å². The average Bonchev–Trinajstić information content (AvgIpc) is 2.89. The zero-order chi connectivity index (χ0) is 27.8. The smallest absolute Gasteiger partial charge is 0.422 e. The number of ether oxygens (including phenoxy) is 2. The summed E-state index contributed by atoms with van der Waals surface area (Å²) in [6.45, 7) is 0.979. The molecule has 3 aromatic carbocycles. The molecule has 0 fully saturated rings. The number of carbonyl (C=O) groups is 2. The second kappa shape index (κ2) is 10.2. The Morgan fingerprint density at radius 2 is 1.82 bits per heavy atom. The molecule has 0 spiro atoms. The van der Waals surface area contributed by atoms with Gasteiger partial charge in [-0.05, 0) is 59.2 Å². The maximum atomic E-state index is 14.5. The van der Waals surface area contributed by atoms with Crippen LogP contribution in [0.5, 0.6) is 11.5 Å². The van der Waals surface area contributed by atoms with Gasteiger partial charge in [0.2, 0.25) is 0 Å². The first-order valence-corrected chi connectivity index (χ1v) is 11.8. The fraction of sp³-hybridized carbons (Fsp3) is 0.259. The summed E-state index contributed by atoms with van der Waals surface area (Å²) in [5.74, 6) is -2.68. The van der Waals surface area contributed by atoms with E-state index in [4.69, 9.17) is 26.2 Å². The summed E-state index contributed by atoms with van der Waals surface area (Å²) in [5, 5.41) is 20.3. The predicted octanol–water partition coefficient (Wildman–Crippen LogP) is 5.53. The second-order valence-corrected chi connectivity index (χ2v) is 9.29. The number of hydrogen-bond donors (Lipinski definition) is 2. The zero-order valence-corrected chi connectivity index (χ0v) is 21.0. The minimum atomic E-state index is -5.12. The van der Waals surface area contributed by atoms with Crippen LogP contribution in [0.15, 0.2) is 60.7 Å². The normalized spacial score (nSPS) is 15.8. The van der Waals surface area contributed by atoms with Gasteiger partial charge in [0.15, 0.2) is 12.2 Å². The summed E-state index contributed by atoms with van der Waals surface area (Å²) in [7, 11) is 1.41. The third-order valence-electron chi connectivity index (χ3n) is 6.58. The number of hydrogen-bond acceptors (Lipinski definition) is 5. The summed E-state index contributed by atoms with van der Waals surface area (Å²) >= 11 is 6.29. The number of halogens is 4. The van der Waals surface area contributed by atoms with Crippen LogP contribution in [0.1, 0.15) is 39.9 Å². The minimum absolute atomic E-state index is 0.00748. The van der Waals surface area contributed by atoms with Gasteiger partial charge in [0.25, 0.3) is 5.91 Å². The van der Waals surface area contributed by atoms with Crippen molar-refractivity contribution in [1.82, 2.24) is 0 Å².